The Morgan fingerprint density at radius 1 is 1.40 bits per heavy atom. The van der Waals surface area contributed by atoms with Crippen LogP contribution >= 0.6 is 11.6 Å². The Labute approximate surface area is 94.8 Å². The second-order valence-electron chi connectivity index (χ2n) is 4.48. The minimum atomic E-state index is -0.334. The van der Waals surface area contributed by atoms with Gasteiger partial charge in [0.25, 0.3) is 0 Å². The van der Waals surface area contributed by atoms with Crippen molar-refractivity contribution in [2.45, 2.75) is 12.8 Å². The number of likely N-dealkylation sites (N-methyl/N-ethyl adjacent to an activating group) is 1. The number of hydrogen-bond acceptors (Lipinski definition) is 1. The molecule has 0 bridgehead atoms. The Morgan fingerprint density at radius 3 is 2.67 bits per heavy atom. The van der Waals surface area contributed by atoms with Crippen LogP contribution in [0.25, 0.3) is 0 Å². The van der Waals surface area contributed by atoms with Crippen molar-refractivity contribution in [3.63, 3.8) is 0 Å². The van der Waals surface area contributed by atoms with E-state index in [4.69, 9.17) is 11.6 Å². The van der Waals surface area contributed by atoms with Gasteiger partial charge in [-0.2, -0.15) is 0 Å². The molecule has 2 unspecified atom stereocenters. The summed E-state index contributed by atoms with van der Waals surface area (Å²) in [5, 5.41) is 0.231. The monoisotopic (exact) mass is 227 g/mol. The number of nitrogens with zero attached hydrogens (tertiary/aromatic N) is 1. The average Bonchev–Trinajstić information content (AvgIpc) is 2.50. The Hall–Kier alpha value is -0.600. The van der Waals surface area contributed by atoms with Gasteiger partial charge in [-0.25, -0.2) is 4.39 Å². The van der Waals surface area contributed by atoms with E-state index >= 15 is 0 Å². The third-order valence-corrected chi connectivity index (χ3v) is 3.46. The molecule has 1 aliphatic rings. The molecule has 15 heavy (non-hydrogen) atoms. The summed E-state index contributed by atoms with van der Waals surface area (Å²) in [5.41, 5.74) is 1.15. The summed E-state index contributed by atoms with van der Waals surface area (Å²) in [7, 11) is 2.11. The van der Waals surface area contributed by atoms with Crippen molar-refractivity contribution in [3.8, 4) is 0 Å². The third-order valence-electron chi connectivity index (χ3n) is 3.17. The molecular formula is C12H15ClFN. The van der Waals surface area contributed by atoms with Gasteiger partial charge in [-0.1, -0.05) is 24.6 Å². The van der Waals surface area contributed by atoms with Crippen LogP contribution in [-0.4, -0.2) is 25.0 Å². The molecule has 82 valence electrons. The standard InChI is InChI=1S/C12H15ClFN/c1-8-6-15(2)7-10(8)9-3-4-12(14)11(13)5-9/h3-5,8,10H,6-7H2,1-2H3. The molecule has 2 atom stereocenters. The summed E-state index contributed by atoms with van der Waals surface area (Å²) < 4.78 is 13.0. The molecule has 2 rings (SSSR count). The van der Waals surface area contributed by atoms with E-state index < -0.39 is 0 Å². The van der Waals surface area contributed by atoms with Crippen LogP contribution in [0.4, 0.5) is 4.39 Å². The van der Waals surface area contributed by atoms with Gasteiger partial charge in [0, 0.05) is 19.0 Å². The Morgan fingerprint density at radius 2 is 2.13 bits per heavy atom. The molecule has 0 aromatic heterocycles. The van der Waals surface area contributed by atoms with Crippen molar-refractivity contribution < 1.29 is 4.39 Å². The van der Waals surface area contributed by atoms with Crippen molar-refractivity contribution in [1.29, 1.82) is 0 Å². The zero-order valence-corrected chi connectivity index (χ0v) is 9.76. The number of halogens is 2. The van der Waals surface area contributed by atoms with Crippen LogP contribution in [0.2, 0.25) is 5.02 Å². The first-order valence-corrected chi connectivity index (χ1v) is 5.59. The maximum Gasteiger partial charge on any atom is 0.141 e. The number of likely N-dealkylation sites (tertiary alicyclic amines) is 1. The lowest BCUT2D eigenvalue weighted by Crippen LogP contribution is -2.13. The van der Waals surface area contributed by atoms with Crippen LogP contribution in [-0.2, 0) is 0 Å². The fourth-order valence-corrected chi connectivity index (χ4v) is 2.58. The molecule has 0 spiro atoms. The van der Waals surface area contributed by atoms with Gasteiger partial charge in [0.05, 0.1) is 5.02 Å². The topological polar surface area (TPSA) is 3.24 Å². The van der Waals surface area contributed by atoms with E-state index in [0.717, 1.165) is 18.7 Å². The molecular weight excluding hydrogens is 213 g/mol. The second kappa shape index (κ2) is 4.11. The quantitative estimate of drug-likeness (QED) is 0.713. The molecule has 0 N–H and O–H groups in total. The lowest BCUT2D eigenvalue weighted by molar-refractivity contribution is 0.401. The molecule has 1 aromatic rings. The predicted octanol–water partition coefficient (Wildman–Crippen LogP) is 3.14. The number of benzene rings is 1. The minimum Gasteiger partial charge on any atom is -0.305 e. The summed E-state index contributed by atoms with van der Waals surface area (Å²) in [4.78, 5) is 2.30. The van der Waals surface area contributed by atoms with E-state index in [1.807, 2.05) is 6.07 Å². The van der Waals surface area contributed by atoms with Crippen molar-refractivity contribution >= 4 is 11.6 Å². The maximum absolute atomic E-state index is 13.0. The first-order chi connectivity index (χ1) is 7.08. The smallest absolute Gasteiger partial charge is 0.141 e. The van der Waals surface area contributed by atoms with Crippen molar-refractivity contribution in [1.82, 2.24) is 4.90 Å². The van der Waals surface area contributed by atoms with E-state index in [2.05, 4.69) is 18.9 Å². The highest BCUT2D eigenvalue weighted by molar-refractivity contribution is 6.30. The molecule has 1 aromatic carbocycles. The second-order valence-corrected chi connectivity index (χ2v) is 4.89. The molecule has 3 heteroatoms. The van der Waals surface area contributed by atoms with Gasteiger partial charge in [-0.15, -0.1) is 0 Å². The molecule has 0 amide bonds. The highest BCUT2D eigenvalue weighted by atomic mass is 35.5. The zero-order chi connectivity index (χ0) is 11.0. The highest BCUT2D eigenvalue weighted by Gasteiger charge is 2.28. The lowest BCUT2D eigenvalue weighted by atomic mass is 9.90. The van der Waals surface area contributed by atoms with Crippen LogP contribution in [0.3, 0.4) is 0 Å². The van der Waals surface area contributed by atoms with Gasteiger partial charge in [0.2, 0.25) is 0 Å². The van der Waals surface area contributed by atoms with Crippen LogP contribution in [0.5, 0.6) is 0 Å². The third kappa shape index (κ3) is 2.16. The average molecular weight is 228 g/mol. The molecule has 1 nitrogen and oxygen atoms in total. The van der Waals surface area contributed by atoms with Gasteiger partial charge >= 0.3 is 0 Å². The molecule has 1 saturated heterocycles. The van der Waals surface area contributed by atoms with E-state index in [1.54, 1.807) is 6.07 Å². The van der Waals surface area contributed by atoms with E-state index in [9.17, 15) is 4.39 Å². The van der Waals surface area contributed by atoms with Crippen molar-refractivity contribution in [2.75, 3.05) is 20.1 Å². The predicted molar refractivity (Wildman–Crippen MR) is 60.8 cm³/mol. The van der Waals surface area contributed by atoms with Gasteiger partial charge in [-0.05, 0) is 30.7 Å². The number of hydrogen-bond donors (Lipinski definition) is 0. The van der Waals surface area contributed by atoms with Crippen molar-refractivity contribution in [3.05, 3.63) is 34.6 Å². The summed E-state index contributed by atoms with van der Waals surface area (Å²) in [6, 6.07) is 5.07. The van der Waals surface area contributed by atoms with Gasteiger partial charge in [0.1, 0.15) is 5.82 Å². The normalized spacial score (nSPS) is 27.2. The molecule has 0 saturated carbocycles. The summed E-state index contributed by atoms with van der Waals surface area (Å²) in [6.45, 7) is 4.36. The van der Waals surface area contributed by atoms with Crippen LogP contribution < -0.4 is 0 Å². The molecule has 1 fully saturated rings. The number of rotatable bonds is 1. The van der Waals surface area contributed by atoms with E-state index in [0.29, 0.717) is 11.8 Å². The SMILES string of the molecule is CC1CN(C)CC1c1ccc(F)c(Cl)c1. The fourth-order valence-electron chi connectivity index (χ4n) is 2.39. The molecule has 0 aliphatic carbocycles. The largest absolute Gasteiger partial charge is 0.305 e. The lowest BCUT2D eigenvalue weighted by Gasteiger charge is -2.14. The highest BCUT2D eigenvalue weighted by Crippen LogP contribution is 2.33. The first kappa shape index (κ1) is 10.9. The van der Waals surface area contributed by atoms with E-state index in [1.165, 1.54) is 6.07 Å². The van der Waals surface area contributed by atoms with Gasteiger partial charge < -0.3 is 4.90 Å². The Balaban J connectivity index is 2.26. The Kier molecular flexibility index (Phi) is 2.98. The first-order valence-electron chi connectivity index (χ1n) is 5.21. The summed E-state index contributed by atoms with van der Waals surface area (Å²) >= 11 is 5.79. The van der Waals surface area contributed by atoms with Gasteiger partial charge in [0.15, 0.2) is 0 Å². The van der Waals surface area contributed by atoms with Crippen molar-refractivity contribution in [2.24, 2.45) is 5.92 Å². The molecule has 0 radical (unpaired) electrons. The Bertz CT molecular complexity index is 367. The van der Waals surface area contributed by atoms with Crippen LogP contribution in [0.15, 0.2) is 18.2 Å². The van der Waals surface area contributed by atoms with Crippen LogP contribution in [0.1, 0.15) is 18.4 Å². The summed E-state index contributed by atoms with van der Waals surface area (Å²) in [5.74, 6) is 0.754. The van der Waals surface area contributed by atoms with E-state index in [-0.39, 0.29) is 10.8 Å². The zero-order valence-electron chi connectivity index (χ0n) is 9.00. The maximum atomic E-state index is 13.0. The minimum absolute atomic E-state index is 0.231. The molecule has 1 aliphatic heterocycles. The van der Waals surface area contributed by atoms with Gasteiger partial charge in [-0.3, -0.25) is 0 Å². The van der Waals surface area contributed by atoms with Crippen LogP contribution in [0, 0.1) is 11.7 Å². The molecule has 1 heterocycles. The fraction of sp³-hybridized carbons (Fsp3) is 0.500. The summed E-state index contributed by atoms with van der Waals surface area (Å²) in [6.07, 6.45) is 0.